The summed E-state index contributed by atoms with van der Waals surface area (Å²) in [4.78, 5) is 107. The van der Waals surface area contributed by atoms with E-state index in [0.717, 1.165) is 103 Å². The van der Waals surface area contributed by atoms with Crippen molar-refractivity contribution in [3.8, 4) is 0 Å². The van der Waals surface area contributed by atoms with Gasteiger partial charge in [-0.15, -0.1) is 0 Å². The zero-order chi connectivity index (χ0) is 86.8. The van der Waals surface area contributed by atoms with Crippen LogP contribution in [0.4, 0.5) is 9.59 Å². The first-order valence-electron chi connectivity index (χ1n) is 43.9. The van der Waals surface area contributed by atoms with Crippen LogP contribution in [0.2, 0.25) is 0 Å². The van der Waals surface area contributed by atoms with Gasteiger partial charge in [0.05, 0.1) is 71.7 Å². The molecular weight excluding hydrogens is 2410 g/mol. The minimum absolute atomic E-state index is 0. The minimum Gasteiger partial charge on any atom is -0.455 e. The average molecular weight is 2560 g/mol. The smallest absolute Gasteiger partial charge is 0.408 e. The summed E-state index contributed by atoms with van der Waals surface area (Å²) in [6, 6.07) is -1.98. The van der Waals surface area contributed by atoms with E-state index in [1.54, 1.807) is 55.4 Å². The fraction of sp³-hybridized carbons (Fsp3) is 0.780. The Morgan fingerprint density at radius 3 is 1.06 bits per heavy atom. The molecule has 0 aromatic heterocycles. The molecule has 121 heavy (non-hydrogen) atoms. The number of fused-ring (bicyclic) bond motifs is 10. The summed E-state index contributed by atoms with van der Waals surface area (Å²) in [7, 11) is 0. The van der Waals surface area contributed by atoms with Crippen LogP contribution in [-0.2, 0) is 57.2 Å². The molecule has 22 atom stereocenters. The van der Waals surface area contributed by atoms with Gasteiger partial charge in [-0.1, -0.05) is 175 Å². The van der Waals surface area contributed by atoms with E-state index < -0.39 is 188 Å². The van der Waals surface area contributed by atoms with Gasteiger partial charge < -0.3 is 90.5 Å². The largest absolute Gasteiger partial charge is 0.455 e. The molecule has 12 N–H and O–H groups in total. The van der Waals surface area contributed by atoms with Crippen LogP contribution in [0.3, 0.4) is 0 Å². The zero-order valence-corrected chi connectivity index (χ0v) is 94.4. The Balaban J connectivity index is 0.000000605. The number of Topliss-reactive ketones (excluding diaryl/α,β-unsaturated/α-hetero) is 2. The number of amides is 4. The van der Waals surface area contributed by atoms with Gasteiger partial charge in [-0.3, -0.25) is 19.2 Å². The van der Waals surface area contributed by atoms with Crippen molar-refractivity contribution in [2.75, 3.05) is 26.3 Å². The SMILES string of the molecule is CCCCC/C=C\C/C=C\CCCCCCCCNC(=O)O[C@@H](C(=O)O[C@H]1C[C@@]2(O)[C@@H](C)[C@@H]3[C@]4(O)CO[C@@H]4C[C@H](O)[C@@]3(C)C(=O)[C@H](O)C(=C1C)C2(C)C)[C@H](C)NC(C)=O.CCCCC/C=C\C/C=C\CCCCCCCNC(=O)O[C@@H](C(=O)O[C@H]1C[C@@]2(O)[C@@H](C)[C@@H]3[C@]4(O)CO[C@@H]4C[C@H](O)[C@@]3(C)C(=O)[C@H](O)C(=C1C)C2(C)C)[C@H](C)NC(C)=O.[Ac].[Ac].[Ac].[Ac]. The number of carbonyl (C=O) groups excluding carboxylic acids is 8. The topological polar surface area (TPSA) is 402 Å². The first kappa shape index (κ1) is 115. The second-order valence-electron chi connectivity index (χ2n) is 36.6. The molecule has 6 aliphatic carbocycles. The maximum Gasteiger partial charge on any atom is 0.408 e. The fourth-order valence-corrected chi connectivity index (χ4v) is 20.9. The van der Waals surface area contributed by atoms with Gasteiger partial charge in [0.1, 0.15) is 35.6 Å². The number of esters is 2. The summed E-state index contributed by atoms with van der Waals surface area (Å²) in [6.07, 6.45) is 27.4. The second kappa shape index (κ2) is 51.6. The van der Waals surface area contributed by atoms with Crippen molar-refractivity contribution in [3.05, 3.63) is 70.9 Å². The summed E-state index contributed by atoms with van der Waals surface area (Å²) < 4.78 is 34.4. The molecule has 4 saturated carbocycles. The third-order valence-corrected chi connectivity index (χ3v) is 28.0. The van der Waals surface area contributed by atoms with Crippen LogP contribution in [-0.4, -0.2) is 210 Å². The molecule has 4 bridgehead atoms. The molecule has 0 spiro atoms. The number of hydrogen-bond acceptors (Lipinski definition) is 22. The maximum atomic E-state index is 14.4. The normalized spacial score (nSPS) is 32.7. The van der Waals surface area contributed by atoms with E-state index in [2.05, 4.69) is 83.7 Å². The number of aliphatic hydroxyl groups is 8. The van der Waals surface area contributed by atoms with Gasteiger partial charge in [-0.05, 0) is 153 Å². The van der Waals surface area contributed by atoms with Crippen LogP contribution in [0.5, 0.6) is 0 Å². The van der Waals surface area contributed by atoms with Crippen molar-refractivity contribution in [2.24, 2.45) is 45.3 Å². The molecule has 674 valence electrons. The Morgan fingerprint density at radius 2 is 0.769 bits per heavy atom. The minimum atomic E-state index is -1.80. The molecular formula is C91H146Ac4N4O22. The monoisotopic (exact) mass is 2560 g/mol. The molecule has 8 rings (SSSR count). The molecule has 2 heterocycles. The van der Waals surface area contributed by atoms with E-state index >= 15 is 0 Å². The quantitative estimate of drug-likeness (QED) is 0.0118. The number of ether oxygens (including phenoxy) is 6. The summed E-state index contributed by atoms with van der Waals surface area (Å²) in [5.41, 5.74) is -11.5. The first-order chi connectivity index (χ1) is 55.1. The number of ketones is 2. The van der Waals surface area contributed by atoms with Gasteiger partial charge >= 0.3 is 24.1 Å². The van der Waals surface area contributed by atoms with Crippen molar-refractivity contribution in [2.45, 2.75) is 380 Å². The van der Waals surface area contributed by atoms with Crippen LogP contribution in [0.15, 0.2) is 70.9 Å². The molecule has 2 saturated heterocycles. The van der Waals surface area contributed by atoms with Gasteiger partial charge in [0.2, 0.25) is 24.0 Å². The van der Waals surface area contributed by atoms with Gasteiger partial charge in [0, 0.05) is 252 Å². The summed E-state index contributed by atoms with van der Waals surface area (Å²) in [6.45, 7) is 27.0. The Bertz CT molecular complexity index is 3610. The summed E-state index contributed by atoms with van der Waals surface area (Å²) in [5, 5.41) is 107. The number of allylic oxidation sites excluding steroid dienone is 8. The third kappa shape index (κ3) is 26.7. The van der Waals surface area contributed by atoms with E-state index in [9.17, 15) is 79.2 Å². The Hall–Kier alpha value is -0.434. The van der Waals surface area contributed by atoms with Crippen molar-refractivity contribution >= 4 is 47.5 Å². The standard InChI is InChI=1S/C46H74N2O11.C45H72N2O11.4Ac/c1-9-10-11-12-13-14-15-16-17-18-19-20-21-22-23-24-25-47-42(54)59-38(31(4)48-32(5)49)41(53)58-33-27-46(56)30(3)39-44(8,34(50)26-35-45(39,55)28-57-35)40(52)37(51)36(29(33)2)43(46,6)7;1-9-10-11-12-13-14-15-16-17-18-19-20-21-22-23-24-46-41(53)58-37(30(4)47-31(5)48)40(52)57-32-26-45(55)29(3)38-43(8,33(49)25-34-44(38,54)27-56-34)39(51)36(50)35(28(32)2)42(45,6)7;;;;/h13-14,16-17,30-31,33-35,37-39,50-51,55-56H,9-12,15,18-28H2,1-8H3,(H,47,54)(H,48,49);13-14,16-17,29-30,32-34,36-38,49-50,54-55H,9-12,15,18-27H2,1-8H3,(H,46,53)(H,47,48);;;;/b2*14-13-,17-16-;;;;/t30-,31-,33-,34-,35+,37+,38+,39-,44+,45-,46+;29-,30-,32-,33-,34+,36+,37+,38-,43+,44-,45+;;;;/m00..../s1. The Kier molecular flexibility index (Phi) is 48.9. The van der Waals surface area contributed by atoms with Crippen molar-refractivity contribution in [3.63, 3.8) is 0 Å². The third-order valence-electron chi connectivity index (χ3n) is 28.0. The predicted octanol–water partition coefficient (Wildman–Crippen LogP) is 11.4. The van der Waals surface area contributed by atoms with Crippen LogP contribution >= 0.6 is 0 Å². The molecule has 2 aliphatic heterocycles. The number of alkyl carbamates (subject to hydrolysis) is 2. The molecule has 0 unspecified atom stereocenters. The van der Waals surface area contributed by atoms with Crippen LogP contribution in [0.25, 0.3) is 0 Å². The van der Waals surface area contributed by atoms with E-state index in [0.29, 0.717) is 30.7 Å². The van der Waals surface area contributed by atoms with Gasteiger partial charge in [0.15, 0.2) is 11.6 Å². The number of carbonyl (C=O) groups is 8. The van der Waals surface area contributed by atoms with Crippen molar-refractivity contribution in [1.29, 1.82) is 0 Å². The van der Waals surface area contributed by atoms with Crippen molar-refractivity contribution in [1.82, 2.24) is 21.3 Å². The van der Waals surface area contributed by atoms with Crippen molar-refractivity contribution < 1.29 is 284 Å². The molecule has 26 nitrogen and oxygen atoms in total. The Labute approximate surface area is 863 Å². The van der Waals surface area contributed by atoms with E-state index in [4.69, 9.17) is 28.4 Å². The van der Waals surface area contributed by atoms with Gasteiger partial charge in [0.25, 0.3) is 0 Å². The van der Waals surface area contributed by atoms with Gasteiger partial charge in [-0.2, -0.15) is 0 Å². The second-order valence-corrected chi connectivity index (χ2v) is 36.6. The molecule has 0 aromatic rings. The molecule has 30 heteroatoms. The fourth-order valence-electron chi connectivity index (χ4n) is 20.9. The zero-order valence-electron chi connectivity index (χ0n) is 75.4. The van der Waals surface area contributed by atoms with Crippen LogP contribution in [0.1, 0.15) is 284 Å². The number of hydrogen-bond donors (Lipinski definition) is 12. The molecule has 0 aromatic carbocycles. The molecule has 8 aliphatic rings. The first-order valence-corrected chi connectivity index (χ1v) is 43.9. The van der Waals surface area contributed by atoms with Crippen LogP contribution in [0, 0.1) is 222 Å². The van der Waals surface area contributed by atoms with E-state index in [1.807, 2.05) is 0 Å². The summed E-state index contributed by atoms with van der Waals surface area (Å²) in [5.74, 6) is -8.09. The average Bonchev–Trinajstić information content (AvgIpc) is 0.680. The molecule has 4 amide bonds. The maximum absolute atomic E-state index is 14.4. The summed E-state index contributed by atoms with van der Waals surface area (Å²) >= 11 is 0. The van der Waals surface area contributed by atoms with Crippen LogP contribution < -0.4 is 21.3 Å². The number of nitrogens with one attached hydrogen (secondary N) is 4. The molecule has 4 radical (unpaired) electrons. The Morgan fingerprint density at radius 1 is 0.471 bits per heavy atom. The van der Waals surface area contributed by atoms with E-state index in [1.165, 1.54) is 80.1 Å². The predicted molar refractivity (Wildman–Crippen MR) is 443 cm³/mol. The number of unbranched alkanes of at least 4 members (excludes halogenated alkanes) is 17. The van der Waals surface area contributed by atoms with Gasteiger partial charge in [-0.25, -0.2) is 19.2 Å². The number of rotatable bonds is 39. The molecule has 6 fully saturated rings. The van der Waals surface area contributed by atoms with E-state index in [-0.39, 0.29) is 226 Å². The number of aliphatic hydroxyl groups excluding tert-OH is 4.